The molecule has 2 amide bonds. The molecule has 2 N–H and O–H groups in total. The van der Waals surface area contributed by atoms with Crippen LogP contribution in [-0.2, 0) is 4.74 Å². The smallest absolute Gasteiger partial charge is 0.411 e. The van der Waals surface area contributed by atoms with Crippen LogP contribution < -0.4 is 15.5 Å². The van der Waals surface area contributed by atoms with E-state index >= 15 is 0 Å². The molecule has 7 heteroatoms. The summed E-state index contributed by atoms with van der Waals surface area (Å²) in [5, 5.41) is 5.53. The van der Waals surface area contributed by atoms with Gasteiger partial charge in [0.05, 0.1) is 12.2 Å². The summed E-state index contributed by atoms with van der Waals surface area (Å²) in [5.74, 6) is 0.582. The minimum Gasteiger partial charge on any atom is -0.450 e. The third-order valence-electron chi connectivity index (χ3n) is 4.19. The molecule has 2 aromatic rings. The van der Waals surface area contributed by atoms with Crippen LogP contribution in [0.25, 0.3) is 0 Å². The quantitative estimate of drug-likeness (QED) is 0.768. The van der Waals surface area contributed by atoms with Crippen molar-refractivity contribution in [3.05, 3.63) is 47.7 Å². The first-order valence-corrected chi connectivity index (χ1v) is 9.05. The second kappa shape index (κ2) is 9.56. The number of aromatic nitrogens is 1. The van der Waals surface area contributed by atoms with E-state index in [2.05, 4.69) is 34.4 Å². The Bertz CT molecular complexity index is 786. The minimum absolute atomic E-state index is 0.259. The van der Waals surface area contributed by atoms with E-state index in [-0.39, 0.29) is 12.5 Å². The molecule has 0 saturated heterocycles. The summed E-state index contributed by atoms with van der Waals surface area (Å²) in [6, 6.07) is 8.88. The first-order chi connectivity index (χ1) is 13.0. The molecule has 0 bridgehead atoms. The van der Waals surface area contributed by atoms with Gasteiger partial charge < -0.3 is 15.0 Å². The van der Waals surface area contributed by atoms with Crippen molar-refractivity contribution in [2.24, 2.45) is 0 Å². The second-order valence-corrected chi connectivity index (χ2v) is 5.86. The number of hydrogen-bond acceptors (Lipinski definition) is 5. The van der Waals surface area contributed by atoms with Crippen molar-refractivity contribution in [2.45, 2.75) is 27.7 Å². The lowest BCUT2D eigenvalue weighted by Crippen LogP contribution is -2.23. The van der Waals surface area contributed by atoms with E-state index < -0.39 is 6.09 Å². The van der Waals surface area contributed by atoms with Crippen LogP contribution in [0.2, 0.25) is 0 Å². The topological polar surface area (TPSA) is 83.6 Å². The summed E-state index contributed by atoms with van der Waals surface area (Å²) in [7, 11) is 0. The molecule has 27 heavy (non-hydrogen) atoms. The van der Waals surface area contributed by atoms with Crippen LogP contribution >= 0.6 is 0 Å². The number of carbonyl (C=O) groups excluding carboxylic acids is 2. The van der Waals surface area contributed by atoms with Gasteiger partial charge in [-0.2, -0.15) is 0 Å². The zero-order valence-corrected chi connectivity index (χ0v) is 16.2. The molecule has 0 fully saturated rings. The van der Waals surface area contributed by atoms with E-state index in [1.54, 1.807) is 37.4 Å². The zero-order valence-electron chi connectivity index (χ0n) is 16.2. The average Bonchev–Trinajstić information content (AvgIpc) is 2.66. The van der Waals surface area contributed by atoms with Gasteiger partial charge >= 0.3 is 6.09 Å². The molecule has 0 aliphatic carbocycles. The van der Waals surface area contributed by atoms with Crippen molar-refractivity contribution in [3.63, 3.8) is 0 Å². The van der Waals surface area contributed by atoms with Crippen molar-refractivity contribution in [1.29, 1.82) is 0 Å². The summed E-state index contributed by atoms with van der Waals surface area (Å²) in [6.07, 6.45) is 1.04. The van der Waals surface area contributed by atoms with Crippen LogP contribution in [0.15, 0.2) is 36.5 Å². The first kappa shape index (κ1) is 20.2. The lowest BCUT2D eigenvalue weighted by Gasteiger charge is -2.19. The molecule has 7 nitrogen and oxygen atoms in total. The lowest BCUT2D eigenvalue weighted by molar-refractivity contribution is 0.102. The maximum atomic E-state index is 12.5. The van der Waals surface area contributed by atoms with Gasteiger partial charge in [-0.15, -0.1) is 0 Å². The molecule has 0 unspecified atom stereocenters. The van der Waals surface area contributed by atoms with Gasteiger partial charge in [-0.05, 0) is 57.5 Å². The Hall–Kier alpha value is -3.09. The third kappa shape index (κ3) is 5.20. The molecular formula is C20H26N4O3. The molecule has 1 heterocycles. The van der Waals surface area contributed by atoms with Crippen molar-refractivity contribution in [2.75, 3.05) is 35.2 Å². The highest BCUT2D eigenvalue weighted by atomic mass is 16.5. The molecule has 0 spiro atoms. The Kier molecular flexibility index (Phi) is 7.16. The van der Waals surface area contributed by atoms with Gasteiger partial charge in [-0.25, -0.2) is 9.78 Å². The number of nitrogens with one attached hydrogen (secondary N) is 2. The van der Waals surface area contributed by atoms with E-state index in [9.17, 15) is 9.59 Å². The largest absolute Gasteiger partial charge is 0.450 e. The Morgan fingerprint density at radius 3 is 2.26 bits per heavy atom. The summed E-state index contributed by atoms with van der Waals surface area (Å²) in [5.41, 5.74) is 2.41. The number of rotatable bonds is 7. The predicted molar refractivity (Wildman–Crippen MR) is 108 cm³/mol. The van der Waals surface area contributed by atoms with Gasteiger partial charge in [0.15, 0.2) is 0 Å². The molecule has 2 rings (SSSR count). The number of nitrogens with zero attached hydrogens (tertiary/aromatic N) is 2. The van der Waals surface area contributed by atoms with Crippen LogP contribution in [0, 0.1) is 6.92 Å². The molecule has 0 atom stereocenters. The summed E-state index contributed by atoms with van der Waals surface area (Å²) in [4.78, 5) is 30.7. The fourth-order valence-corrected chi connectivity index (χ4v) is 2.63. The summed E-state index contributed by atoms with van der Waals surface area (Å²) < 4.78 is 4.89. The van der Waals surface area contributed by atoms with Crippen LogP contribution in [0.5, 0.6) is 0 Å². The Morgan fingerprint density at radius 2 is 1.70 bits per heavy atom. The van der Waals surface area contributed by atoms with Crippen molar-refractivity contribution < 1.29 is 14.3 Å². The highest BCUT2D eigenvalue weighted by molar-refractivity contribution is 6.05. The third-order valence-corrected chi connectivity index (χ3v) is 4.19. The number of hydrogen-bond donors (Lipinski definition) is 2. The molecule has 1 aromatic heterocycles. The van der Waals surface area contributed by atoms with Crippen molar-refractivity contribution in [1.82, 2.24) is 4.98 Å². The fourth-order valence-electron chi connectivity index (χ4n) is 2.63. The van der Waals surface area contributed by atoms with E-state index in [1.165, 1.54) is 0 Å². The van der Waals surface area contributed by atoms with E-state index in [4.69, 9.17) is 4.74 Å². The van der Waals surface area contributed by atoms with Gasteiger partial charge in [0.1, 0.15) is 5.82 Å². The lowest BCUT2D eigenvalue weighted by atomic mass is 10.1. The predicted octanol–water partition coefficient (Wildman–Crippen LogP) is 4.06. The second-order valence-electron chi connectivity index (χ2n) is 5.86. The highest BCUT2D eigenvalue weighted by Crippen LogP contribution is 2.24. The van der Waals surface area contributed by atoms with Crippen LogP contribution in [0.1, 0.15) is 36.7 Å². The number of carbonyl (C=O) groups is 2. The van der Waals surface area contributed by atoms with Crippen LogP contribution in [0.3, 0.4) is 0 Å². The summed E-state index contributed by atoms with van der Waals surface area (Å²) >= 11 is 0. The Balaban J connectivity index is 2.12. The van der Waals surface area contributed by atoms with E-state index in [0.717, 1.165) is 24.5 Å². The van der Waals surface area contributed by atoms with Gasteiger partial charge in [0.2, 0.25) is 0 Å². The molecule has 1 aromatic carbocycles. The standard InChI is InChI=1S/C20H26N4O3/c1-5-24(6-2)18-12-11-15(13-21-18)19(25)22-16-9-8-10-17(14(16)4)23-20(26)27-7-3/h8-13H,5-7H2,1-4H3,(H,22,25)(H,23,26). The maximum Gasteiger partial charge on any atom is 0.411 e. The van der Waals surface area contributed by atoms with Gasteiger partial charge in [-0.3, -0.25) is 10.1 Å². The number of ether oxygens (including phenoxy) is 1. The molecule has 0 aliphatic heterocycles. The fraction of sp³-hybridized carbons (Fsp3) is 0.350. The molecule has 0 saturated carbocycles. The van der Waals surface area contributed by atoms with E-state index in [1.807, 2.05) is 13.0 Å². The number of pyridine rings is 1. The van der Waals surface area contributed by atoms with Crippen LogP contribution in [0.4, 0.5) is 22.0 Å². The van der Waals surface area contributed by atoms with Crippen molar-refractivity contribution in [3.8, 4) is 0 Å². The number of anilines is 3. The normalized spacial score (nSPS) is 10.2. The monoisotopic (exact) mass is 370 g/mol. The maximum absolute atomic E-state index is 12.5. The Labute approximate surface area is 159 Å². The first-order valence-electron chi connectivity index (χ1n) is 9.05. The minimum atomic E-state index is -0.528. The van der Waals surface area contributed by atoms with E-state index in [0.29, 0.717) is 16.9 Å². The van der Waals surface area contributed by atoms with Crippen LogP contribution in [-0.4, -0.2) is 36.7 Å². The van der Waals surface area contributed by atoms with Gasteiger partial charge in [0.25, 0.3) is 5.91 Å². The average molecular weight is 370 g/mol. The van der Waals surface area contributed by atoms with Gasteiger partial charge in [-0.1, -0.05) is 6.07 Å². The highest BCUT2D eigenvalue weighted by Gasteiger charge is 2.12. The van der Waals surface area contributed by atoms with Gasteiger partial charge in [0, 0.05) is 30.7 Å². The zero-order chi connectivity index (χ0) is 19.8. The molecule has 0 radical (unpaired) electrons. The van der Waals surface area contributed by atoms with Crippen molar-refractivity contribution >= 4 is 29.2 Å². The molecule has 144 valence electrons. The summed E-state index contributed by atoms with van der Waals surface area (Å²) in [6.45, 7) is 9.68. The Morgan fingerprint density at radius 1 is 1.04 bits per heavy atom. The molecular weight excluding hydrogens is 344 g/mol. The molecule has 0 aliphatic rings. The SMILES string of the molecule is CCOC(=O)Nc1cccc(NC(=O)c2ccc(N(CC)CC)nc2)c1C. The number of benzene rings is 1. The number of amides is 2.